The average molecular weight is 327 g/mol. The summed E-state index contributed by atoms with van der Waals surface area (Å²) in [7, 11) is 1.84. The Morgan fingerprint density at radius 1 is 1.33 bits per heavy atom. The molecule has 1 aliphatic heterocycles. The van der Waals surface area contributed by atoms with E-state index in [2.05, 4.69) is 23.0 Å². The van der Waals surface area contributed by atoms with Crippen LogP contribution in [0.5, 0.6) is 0 Å². The maximum atomic E-state index is 11.8. The normalized spacial score (nSPS) is 13.0. The lowest BCUT2D eigenvalue weighted by atomic mass is 10.2. The number of rotatable bonds is 6. The molecule has 7 nitrogen and oxygen atoms in total. The smallest absolute Gasteiger partial charge is 0.353 e. The lowest BCUT2D eigenvalue weighted by molar-refractivity contribution is -0.383. The van der Waals surface area contributed by atoms with E-state index in [-0.39, 0.29) is 10.6 Å². The van der Waals surface area contributed by atoms with Gasteiger partial charge in [0.05, 0.1) is 4.92 Å². The highest BCUT2D eigenvalue weighted by atomic mass is 16.6. The lowest BCUT2D eigenvalue weighted by Gasteiger charge is -2.22. The Morgan fingerprint density at radius 3 is 2.88 bits per heavy atom. The van der Waals surface area contributed by atoms with Crippen LogP contribution in [0.15, 0.2) is 30.6 Å². The zero-order valence-electron chi connectivity index (χ0n) is 14.0. The molecule has 1 aliphatic rings. The third kappa shape index (κ3) is 2.89. The number of nitro groups is 1. The summed E-state index contributed by atoms with van der Waals surface area (Å²) in [6, 6.07) is 7.96. The van der Waals surface area contributed by atoms with Gasteiger partial charge in [0, 0.05) is 25.8 Å². The van der Waals surface area contributed by atoms with Gasteiger partial charge in [-0.3, -0.25) is 10.1 Å². The summed E-state index contributed by atoms with van der Waals surface area (Å²) in [4.78, 5) is 23.6. The number of fused-ring (bicyclic) bond motifs is 1. The van der Waals surface area contributed by atoms with Crippen molar-refractivity contribution in [1.82, 2.24) is 9.97 Å². The summed E-state index contributed by atoms with van der Waals surface area (Å²) >= 11 is 0. The number of anilines is 3. The maximum Gasteiger partial charge on any atom is 0.353 e. The Balaban J connectivity index is 2.04. The predicted octanol–water partition coefficient (Wildman–Crippen LogP) is 3.32. The highest BCUT2D eigenvalue weighted by Crippen LogP contribution is 2.40. The van der Waals surface area contributed by atoms with Crippen LogP contribution in [0.1, 0.15) is 25.3 Å². The summed E-state index contributed by atoms with van der Waals surface area (Å²) < 4.78 is 0. The molecule has 0 radical (unpaired) electrons. The Hall–Kier alpha value is -2.70. The first-order chi connectivity index (χ1) is 11.6. The zero-order chi connectivity index (χ0) is 17.1. The fraction of sp³-hybridized carbons (Fsp3) is 0.412. The largest absolute Gasteiger partial charge is 0.354 e. The summed E-state index contributed by atoms with van der Waals surface area (Å²) in [6.45, 7) is 3.51. The fourth-order valence-corrected chi connectivity index (χ4v) is 3.06. The van der Waals surface area contributed by atoms with Gasteiger partial charge in [-0.25, -0.2) is 9.97 Å². The summed E-state index contributed by atoms with van der Waals surface area (Å²) in [6.07, 6.45) is 4.26. The molecule has 0 aliphatic carbocycles. The van der Waals surface area contributed by atoms with Crippen LogP contribution in [0.2, 0.25) is 0 Å². The molecular formula is C17H21N5O2. The number of nitrogens with zero attached hydrogens (tertiary/aromatic N) is 5. The molecule has 0 atom stereocenters. The second kappa shape index (κ2) is 6.82. The molecule has 24 heavy (non-hydrogen) atoms. The number of hydrogen-bond acceptors (Lipinski definition) is 6. The van der Waals surface area contributed by atoms with Crippen molar-refractivity contribution in [3.05, 3.63) is 46.3 Å². The van der Waals surface area contributed by atoms with Crippen LogP contribution < -0.4 is 9.80 Å². The van der Waals surface area contributed by atoms with Crippen molar-refractivity contribution in [2.24, 2.45) is 0 Å². The Kier molecular flexibility index (Phi) is 4.59. The first-order valence-electron chi connectivity index (χ1n) is 8.19. The predicted molar refractivity (Wildman–Crippen MR) is 94.0 cm³/mol. The molecule has 0 N–H and O–H groups in total. The molecule has 0 saturated carbocycles. The summed E-state index contributed by atoms with van der Waals surface area (Å²) in [5.74, 6) is 0.751. The Morgan fingerprint density at radius 2 is 2.12 bits per heavy atom. The van der Waals surface area contributed by atoms with E-state index >= 15 is 0 Å². The molecule has 3 rings (SSSR count). The van der Waals surface area contributed by atoms with E-state index in [9.17, 15) is 10.1 Å². The van der Waals surface area contributed by atoms with Crippen LogP contribution in [0.3, 0.4) is 0 Å². The third-order valence-electron chi connectivity index (χ3n) is 4.32. The Labute approximate surface area is 141 Å². The first kappa shape index (κ1) is 16.2. The number of hydrogen-bond donors (Lipinski definition) is 0. The number of benzene rings is 1. The van der Waals surface area contributed by atoms with E-state index in [1.807, 2.05) is 35.0 Å². The van der Waals surface area contributed by atoms with Gasteiger partial charge < -0.3 is 9.80 Å². The fourth-order valence-electron chi connectivity index (χ4n) is 3.06. The van der Waals surface area contributed by atoms with Crippen LogP contribution in [0.4, 0.5) is 23.0 Å². The third-order valence-corrected chi connectivity index (χ3v) is 4.32. The van der Waals surface area contributed by atoms with Gasteiger partial charge in [0.2, 0.25) is 11.6 Å². The van der Waals surface area contributed by atoms with Gasteiger partial charge in [-0.15, -0.1) is 0 Å². The van der Waals surface area contributed by atoms with Crippen molar-refractivity contribution >= 4 is 23.0 Å². The molecule has 2 heterocycles. The topological polar surface area (TPSA) is 75.4 Å². The molecule has 1 aromatic carbocycles. The molecule has 1 aromatic heterocycles. The van der Waals surface area contributed by atoms with E-state index < -0.39 is 0 Å². The van der Waals surface area contributed by atoms with Gasteiger partial charge in [0.1, 0.15) is 6.33 Å². The molecule has 0 bridgehead atoms. The summed E-state index contributed by atoms with van der Waals surface area (Å²) in [5, 5.41) is 11.8. The maximum absolute atomic E-state index is 11.8. The minimum absolute atomic E-state index is 0.0205. The molecule has 0 spiro atoms. The first-order valence-corrected chi connectivity index (χ1v) is 8.19. The van der Waals surface area contributed by atoms with Crippen LogP contribution in [-0.4, -0.2) is 35.0 Å². The zero-order valence-corrected chi connectivity index (χ0v) is 14.0. The van der Waals surface area contributed by atoms with Crippen LogP contribution in [-0.2, 0) is 6.42 Å². The standard InChI is InChI=1S/C17H21N5O2/c1-3-4-10-20(2)16-15(22(23)24)17(19-12-18-16)21-11-9-13-7-5-6-8-14(13)21/h5-8,12H,3-4,9-11H2,1-2H3. The van der Waals surface area contributed by atoms with Crippen molar-refractivity contribution in [2.45, 2.75) is 26.2 Å². The van der Waals surface area contributed by atoms with Gasteiger partial charge in [-0.1, -0.05) is 31.5 Å². The number of unbranched alkanes of at least 4 members (excludes halogenated alkanes) is 1. The van der Waals surface area contributed by atoms with E-state index in [1.165, 1.54) is 11.9 Å². The van der Waals surface area contributed by atoms with Crippen molar-refractivity contribution in [3.63, 3.8) is 0 Å². The van der Waals surface area contributed by atoms with E-state index in [0.29, 0.717) is 18.2 Å². The van der Waals surface area contributed by atoms with Crippen LogP contribution >= 0.6 is 0 Å². The average Bonchev–Trinajstić information content (AvgIpc) is 3.02. The SMILES string of the molecule is CCCCN(C)c1ncnc(N2CCc3ccccc32)c1[N+](=O)[O-]. The molecule has 7 heteroatoms. The minimum Gasteiger partial charge on any atom is -0.354 e. The van der Waals surface area contributed by atoms with E-state index in [1.54, 1.807) is 0 Å². The van der Waals surface area contributed by atoms with Crippen LogP contribution in [0, 0.1) is 10.1 Å². The van der Waals surface area contributed by atoms with Gasteiger partial charge >= 0.3 is 5.69 Å². The van der Waals surface area contributed by atoms with Crippen molar-refractivity contribution < 1.29 is 4.92 Å². The Bertz CT molecular complexity index is 750. The van der Waals surface area contributed by atoms with E-state index in [0.717, 1.165) is 31.5 Å². The molecule has 0 fully saturated rings. The second-order valence-corrected chi connectivity index (χ2v) is 5.93. The lowest BCUT2D eigenvalue weighted by Crippen LogP contribution is -2.23. The molecule has 126 valence electrons. The molecule has 0 amide bonds. The molecular weight excluding hydrogens is 306 g/mol. The quantitative estimate of drug-likeness (QED) is 0.598. The molecule has 0 unspecified atom stereocenters. The highest BCUT2D eigenvalue weighted by Gasteiger charge is 2.32. The van der Waals surface area contributed by atoms with Crippen molar-refractivity contribution in [3.8, 4) is 0 Å². The monoisotopic (exact) mass is 327 g/mol. The van der Waals surface area contributed by atoms with Gasteiger partial charge in [-0.05, 0) is 24.5 Å². The van der Waals surface area contributed by atoms with Gasteiger partial charge in [0.15, 0.2) is 0 Å². The summed E-state index contributed by atoms with van der Waals surface area (Å²) in [5.41, 5.74) is 2.15. The van der Waals surface area contributed by atoms with Crippen molar-refractivity contribution in [1.29, 1.82) is 0 Å². The molecule has 0 saturated heterocycles. The number of para-hydroxylation sites is 1. The minimum atomic E-state index is -0.367. The molecule has 2 aromatic rings. The van der Waals surface area contributed by atoms with Gasteiger partial charge in [0.25, 0.3) is 0 Å². The van der Waals surface area contributed by atoms with Crippen LogP contribution in [0.25, 0.3) is 0 Å². The van der Waals surface area contributed by atoms with Gasteiger partial charge in [-0.2, -0.15) is 0 Å². The number of aromatic nitrogens is 2. The second-order valence-electron chi connectivity index (χ2n) is 5.93. The van der Waals surface area contributed by atoms with Crippen molar-refractivity contribution in [2.75, 3.05) is 29.9 Å². The van der Waals surface area contributed by atoms with E-state index in [4.69, 9.17) is 0 Å². The highest BCUT2D eigenvalue weighted by molar-refractivity contribution is 5.78.